The van der Waals surface area contributed by atoms with Crippen molar-refractivity contribution in [3.05, 3.63) is 80.2 Å². The standard InChI is InChI=1S/C18H12ClFN2O5/c1-10-16(21-27-17(10)11-2-4-12(20)5-3-11)9-26-18(23)14-8-13(22(24)25)6-7-15(14)19/h2-8H,9H2,1H3. The van der Waals surface area contributed by atoms with Gasteiger partial charge in [-0.2, -0.15) is 0 Å². The first-order valence-electron chi connectivity index (χ1n) is 7.69. The monoisotopic (exact) mass is 390 g/mol. The average molecular weight is 391 g/mol. The molecule has 1 heterocycles. The van der Waals surface area contributed by atoms with Crippen molar-refractivity contribution in [1.29, 1.82) is 0 Å². The van der Waals surface area contributed by atoms with Crippen molar-refractivity contribution in [3.63, 3.8) is 0 Å². The Morgan fingerprint density at radius 1 is 1.30 bits per heavy atom. The lowest BCUT2D eigenvalue weighted by atomic mass is 10.1. The van der Waals surface area contributed by atoms with Gasteiger partial charge in [-0.25, -0.2) is 9.18 Å². The number of nitro groups is 1. The van der Waals surface area contributed by atoms with Crippen LogP contribution in [0.4, 0.5) is 10.1 Å². The molecule has 0 aliphatic heterocycles. The largest absolute Gasteiger partial charge is 0.455 e. The molecule has 0 aliphatic carbocycles. The summed E-state index contributed by atoms with van der Waals surface area (Å²) in [7, 11) is 0. The van der Waals surface area contributed by atoms with Crippen LogP contribution in [0.2, 0.25) is 5.02 Å². The van der Waals surface area contributed by atoms with E-state index >= 15 is 0 Å². The van der Waals surface area contributed by atoms with Crippen LogP contribution in [0.5, 0.6) is 0 Å². The van der Waals surface area contributed by atoms with E-state index in [1.807, 2.05) is 0 Å². The number of nitrogens with zero attached hydrogens (tertiary/aromatic N) is 2. The Morgan fingerprint density at radius 2 is 2.00 bits per heavy atom. The molecule has 0 aliphatic rings. The topological polar surface area (TPSA) is 95.5 Å². The summed E-state index contributed by atoms with van der Waals surface area (Å²) in [6, 6.07) is 9.16. The van der Waals surface area contributed by atoms with E-state index in [-0.39, 0.29) is 28.7 Å². The molecule has 0 unspecified atom stereocenters. The molecular weight excluding hydrogens is 379 g/mol. The molecule has 1 aromatic heterocycles. The number of esters is 1. The number of hydrogen-bond acceptors (Lipinski definition) is 6. The molecule has 0 atom stereocenters. The maximum Gasteiger partial charge on any atom is 0.340 e. The molecule has 0 bridgehead atoms. The van der Waals surface area contributed by atoms with Crippen LogP contribution in [0.25, 0.3) is 11.3 Å². The van der Waals surface area contributed by atoms with Gasteiger partial charge in [0, 0.05) is 23.3 Å². The van der Waals surface area contributed by atoms with Gasteiger partial charge in [0.2, 0.25) is 0 Å². The fourth-order valence-electron chi connectivity index (χ4n) is 2.37. The fourth-order valence-corrected chi connectivity index (χ4v) is 2.56. The van der Waals surface area contributed by atoms with Crippen LogP contribution < -0.4 is 0 Å². The molecular formula is C18H12ClFN2O5. The van der Waals surface area contributed by atoms with E-state index in [0.29, 0.717) is 22.6 Å². The van der Waals surface area contributed by atoms with Crippen molar-refractivity contribution in [2.45, 2.75) is 13.5 Å². The Hall–Kier alpha value is -3.26. The van der Waals surface area contributed by atoms with E-state index in [4.69, 9.17) is 20.9 Å². The van der Waals surface area contributed by atoms with Gasteiger partial charge in [0.1, 0.15) is 18.1 Å². The number of hydrogen-bond donors (Lipinski definition) is 0. The molecule has 0 saturated heterocycles. The predicted molar refractivity (Wildman–Crippen MR) is 93.9 cm³/mol. The summed E-state index contributed by atoms with van der Waals surface area (Å²) in [5, 5.41) is 14.7. The summed E-state index contributed by atoms with van der Waals surface area (Å²) in [5.74, 6) is -0.775. The van der Waals surface area contributed by atoms with Crippen molar-refractivity contribution < 1.29 is 23.4 Å². The molecule has 9 heteroatoms. The van der Waals surface area contributed by atoms with E-state index in [1.54, 1.807) is 19.1 Å². The summed E-state index contributed by atoms with van der Waals surface area (Å²) < 4.78 is 23.4. The number of rotatable bonds is 5. The third-order valence-corrected chi connectivity index (χ3v) is 4.18. The Balaban J connectivity index is 1.76. The van der Waals surface area contributed by atoms with Crippen LogP contribution >= 0.6 is 11.6 Å². The van der Waals surface area contributed by atoms with Crippen molar-refractivity contribution in [1.82, 2.24) is 5.16 Å². The van der Waals surface area contributed by atoms with Crippen molar-refractivity contribution in [2.24, 2.45) is 0 Å². The van der Waals surface area contributed by atoms with E-state index in [9.17, 15) is 19.3 Å². The van der Waals surface area contributed by atoms with Crippen LogP contribution in [-0.4, -0.2) is 16.0 Å². The maximum absolute atomic E-state index is 13.0. The zero-order valence-electron chi connectivity index (χ0n) is 13.9. The van der Waals surface area contributed by atoms with Crippen LogP contribution in [-0.2, 0) is 11.3 Å². The van der Waals surface area contributed by atoms with Gasteiger partial charge >= 0.3 is 5.97 Å². The molecule has 0 N–H and O–H groups in total. The quantitative estimate of drug-likeness (QED) is 0.355. The van der Waals surface area contributed by atoms with Gasteiger partial charge in [-0.1, -0.05) is 16.8 Å². The number of carbonyl (C=O) groups is 1. The van der Waals surface area contributed by atoms with Gasteiger partial charge in [0.05, 0.1) is 15.5 Å². The molecule has 27 heavy (non-hydrogen) atoms. The fraction of sp³-hybridized carbons (Fsp3) is 0.111. The first-order chi connectivity index (χ1) is 12.9. The lowest BCUT2D eigenvalue weighted by Gasteiger charge is -2.05. The molecule has 7 nitrogen and oxygen atoms in total. The summed E-state index contributed by atoms with van der Waals surface area (Å²) in [6.45, 7) is 1.51. The maximum atomic E-state index is 13.0. The summed E-state index contributed by atoms with van der Waals surface area (Å²) in [4.78, 5) is 22.4. The van der Waals surface area contributed by atoms with Crippen LogP contribution in [0, 0.1) is 22.9 Å². The molecule has 0 saturated carbocycles. The van der Waals surface area contributed by atoms with Crippen LogP contribution in [0.15, 0.2) is 47.0 Å². The number of non-ortho nitro benzene ring substituents is 1. The average Bonchev–Trinajstić information content (AvgIpc) is 3.01. The minimum atomic E-state index is -0.825. The summed E-state index contributed by atoms with van der Waals surface area (Å²) in [5.41, 5.74) is 1.22. The second-order valence-corrected chi connectivity index (χ2v) is 5.99. The number of ether oxygens (including phenoxy) is 1. The van der Waals surface area contributed by atoms with Gasteiger partial charge in [-0.15, -0.1) is 0 Å². The SMILES string of the molecule is Cc1c(COC(=O)c2cc([N+](=O)[O-])ccc2Cl)noc1-c1ccc(F)cc1. The molecule has 0 spiro atoms. The highest BCUT2D eigenvalue weighted by Crippen LogP contribution is 2.27. The zero-order chi connectivity index (χ0) is 19.6. The van der Waals surface area contributed by atoms with Crippen molar-refractivity contribution in [2.75, 3.05) is 0 Å². The highest BCUT2D eigenvalue weighted by molar-refractivity contribution is 6.33. The molecule has 3 rings (SSSR count). The van der Waals surface area contributed by atoms with E-state index in [0.717, 1.165) is 6.07 Å². The number of benzene rings is 2. The van der Waals surface area contributed by atoms with Crippen molar-refractivity contribution >= 4 is 23.3 Å². The molecule has 0 amide bonds. The second kappa shape index (κ2) is 7.55. The molecule has 0 radical (unpaired) electrons. The first kappa shape index (κ1) is 18.5. The Morgan fingerprint density at radius 3 is 2.67 bits per heavy atom. The van der Waals surface area contributed by atoms with Crippen LogP contribution in [0.3, 0.4) is 0 Å². The van der Waals surface area contributed by atoms with Crippen molar-refractivity contribution in [3.8, 4) is 11.3 Å². The third kappa shape index (κ3) is 3.95. The van der Waals surface area contributed by atoms with Crippen LogP contribution in [0.1, 0.15) is 21.6 Å². The van der Waals surface area contributed by atoms with E-state index in [1.165, 1.54) is 24.3 Å². The normalized spacial score (nSPS) is 10.6. The first-order valence-corrected chi connectivity index (χ1v) is 8.06. The third-order valence-electron chi connectivity index (χ3n) is 3.85. The van der Waals surface area contributed by atoms with Gasteiger partial charge in [0.15, 0.2) is 5.76 Å². The minimum Gasteiger partial charge on any atom is -0.455 e. The number of carbonyl (C=O) groups excluding carboxylic acids is 1. The Kier molecular flexibility index (Phi) is 5.18. The number of halogens is 2. The summed E-state index contributed by atoms with van der Waals surface area (Å²) in [6.07, 6.45) is 0. The zero-order valence-corrected chi connectivity index (χ0v) is 14.7. The van der Waals surface area contributed by atoms with Gasteiger partial charge < -0.3 is 9.26 Å². The van der Waals surface area contributed by atoms with E-state index < -0.39 is 10.9 Å². The smallest absolute Gasteiger partial charge is 0.340 e. The van der Waals surface area contributed by atoms with Gasteiger partial charge in [-0.3, -0.25) is 10.1 Å². The molecule has 138 valence electrons. The number of aromatic nitrogens is 1. The number of nitro benzene ring substituents is 1. The lowest BCUT2D eigenvalue weighted by molar-refractivity contribution is -0.384. The van der Waals surface area contributed by atoms with E-state index in [2.05, 4.69) is 5.16 Å². The van der Waals surface area contributed by atoms with Gasteiger partial charge in [0.25, 0.3) is 5.69 Å². The predicted octanol–water partition coefficient (Wildman–Crippen LogP) is 4.71. The Labute approximate surface area is 157 Å². The molecule has 2 aromatic carbocycles. The highest BCUT2D eigenvalue weighted by atomic mass is 35.5. The minimum absolute atomic E-state index is 0.0366. The molecule has 0 fully saturated rings. The summed E-state index contributed by atoms with van der Waals surface area (Å²) >= 11 is 5.92. The highest BCUT2D eigenvalue weighted by Gasteiger charge is 2.19. The second-order valence-electron chi connectivity index (χ2n) is 5.59. The van der Waals surface area contributed by atoms with Gasteiger partial charge in [-0.05, 0) is 37.3 Å². The lowest BCUT2D eigenvalue weighted by Crippen LogP contribution is -2.07. The Bertz CT molecular complexity index is 1020. The molecule has 3 aromatic rings.